The number of nitrogens with one attached hydrogen (secondary N) is 2. The van der Waals surface area contributed by atoms with Gasteiger partial charge in [-0.25, -0.2) is 4.39 Å². The molecule has 1 amide bonds. The number of amides is 1. The summed E-state index contributed by atoms with van der Waals surface area (Å²) in [6.45, 7) is 6.56. The standard InChI is InChI=1S/C31H32FN5OS/c1-4-22-10-5-6-13-26(22)34-28(38)15-17-36-30(29(35-31(36)39)27-14-7-8-16-33-27)25-18-20(2)37(21(25)3)24-12-9-11-23(32)19-24/h5-14,16,18-19,29-30H,4,15,17H2,1-3H3,(H,34,38)(H,35,39)/t29-,30-/m1/s1. The first-order valence-electron chi connectivity index (χ1n) is 13.2. The second-order valence-corrected chi connectivity index (χ2v) is 10.2. The lowest BCUT2D eigenvalue weighted by Gasteiger charge is -2.28. The van der Waals surface area contributed by atoms with E-state index < -0.39 is 0 Å². The normalized spacial score (nSPS) is 16.8. The van der Waals surface area contributed by atoms with Gasteiger partial charge >= 0.3 is 0 Å². The fourth-order valence-corrected chi connectivity index (χ4v) is 5.80. The summed E-state index contributed by atoms with van der Waals surface area (Å²) >= 11 is 5.81. The number of rotatable bonds is 8. The Hall–Kier alpha value is -4.04. The third kappa shape index (κ3) is 5.43. The molecule has 39 heavy (non-hydrogen) atoms. The van der Waals surface area contributed by atoms with Crippen LogP contribution in [-0.2, 0) is 11.2 Å². The smallest absolute Gasteiger partial charge is 0.226 e. The summed E-state index contributed by atoms with van der Waals surface area (Å²) in [5.41, 5.74) is 6.59. The minimum atomic E-state index is -0.283. The van der Waals surface area contributed by atoms with Crippen LogP contribution in [0.2, 0.25) is 0 Å². The fraction of sp³-hybridized carbons (Fsp3) is 0.258. The number of nitrogens with zero attached hydrogens (tertiary/aromatic N) is 3. The van der Waals surface area contributed by atoms with Gasteiger partial charge in [0.1, 0.15) is 5.82 Å². The Labute approximate surface area is 233 Å². The molecule has 0 spiro atoms. The molecule has 0 radical (unpaired) electrons. The maximum absolute atomic E-state index is 14.1. The Bertz CT molecular complexity index is 1500. The summed E-state index contributed by atoms with van der Waals surface area (Å²) in [6.07, 6.45) is 2.88. The highest BCUT2D eigenvalue weighted by molar-refractivity contribution is 7.80. The largest absolute Gasteiger partial charge is 0.352 e. The molecule has 1 saturated heterocycles. The molecule has 0 aliphatic carbocycles. The molecule has 2 N–H and O–H groups in total. The van der Waals surface area contributed by atoms with Gasteiger partial charge in [0.05, 0.1) is 17.8 Å². The maximum atomic E-state index is 14.1. The van der Waals surface area contributed by atoms with Gasteiger partial charge in [-0.1, -0.05) is 37.3 Å². The molecule has 1 aliphatic heterocycles. The zero-order valence-corrected chi connectivity index (χ0v) is 23.1. The number of halogens is 1. The summed E-state index contributed by atoms with van der Waals surface area (Å²) in [5, 5.41) is 7.10. The van der Waals surface area contributed by atoms with Crippen LogP contribution >= 0.6 is 12.2 Å². The summed E-state index contributed by atoms with van der Waals surface area (Å²) in [6, 6.07) is 22.0. The number of para-hydroxylation sites is 1. The number of benzene rings is 2. The lowest BCUT2D eigenvalue weighted by molar-refractivity contribution is -0.116. The zero-order chi connectivity index (χ0) is 27.5. The molecule has 200 valence electrons. The van der Waals surface area contributed by atoms with Crippen molar-refractivity contribution in [3.05, 3.63) is 113 Å². The minimum Gasteiger partial charge on any atom is -0.352 e. The molecule has 4 aromatic rings. The second-order valence-electron chi connectivity index (χ2n) is 9.77. The molecular weight excluding hydrogens is 509 g/mol. The number of aryl methyl sites for hydroxylation is 2. The van der Waals surface area contributed by atoms with E-state index in [0.717, 1.165) is 46.0 Å². The molecule has 2 aromatic heterocycles. The van der Waals surface area contributed by atoms with E-state index in [1.807, 2.05) is 62.4 Å². The molecule has 1 fully saturated rings. The van der Waals surface area contributed by atoms with Gasteiger partial charge in [0, 0.05) is 41.9 Å². The van der Waals surface area contributed by atoms with Crippen LogP contribution in [0.5, 0.6) is 0 Å². The number of anilines is 1. The first-order valence-corrected chi connectivity index (χ1v) is 13.6. The average molecular weight is 542 g/mol. The van der Waals surface area contributed by atoms with Crippen LogP contribution in [-0.4, -0.2) is 32.0 Å². The van der Waals surface area contributed by atoms with E-state index in [4.69, 9.17) is 12.2 Å². The highest BCUT2D eigenvalue weighted by Crippen LogP contribution is 2.41. The Balaban J connectivity index is 1.47. The van der Waals surface area contributed by atoms with Crippen molar-refractivity contribution in [2.75, 3.05) is 11.9 Å². The Morgan fingerprint density at radius 2 is 1.87 bits per heavy atom. The van der Waals surface area contributed by atoms with Crippen LogP contribution in [0.25, 0.3) is 5.69 Å². The number of carbonyl (C=O) groups is 1. The van der Waals surface area contributed by atoms with Crippen LogP contribution < -0.4 is 10.6 Å². The van der Waals surface area contributed by atoms with Crippen molar-refractivity contribution in [3.63, 3.8) is 0 Å². The van der Waals surface area contributed by atoms with Crippen LogP contribution in [0.3, 0.4) is 0 Å². The maximum Gasteiger partial charge on any atom is 0.226 e. The van der Waals surface area contributed by atoms with E-state index in [9.17, 15) is 9.18 Å². The fourth-order valence-electron chi connectivity index (χ4n) is 5.47. The van der Waals surface area contributed by atoms with E-state index in [0.29, 0.717) is 11.7 Å². The lowest BCUT2D eigenvalue weighted by atomic mass is 9.96. The lowest BCUT2D eigenvalue weighted by Crippen LogP contribution is -2.33. The predicted octanol–water partition coefficient (Wildman–Crippen LogP) is 6.19. The van der Waals surface area contributed by atoms with Crippen molar-refractivity contribution in [1.82, 2.24) is 19.8 Å². The van der Waals surface area contributed by atoms with Gasteiger partial charge in [-0.3, -0.25) is 9.78 Å². The van der Waals surface area contributed by atoms with Crippen molar-refractivity contribution in [2.24, 2.45) is 0 Å². The molecule has 8 heteroatoms. The first kappa shape index (κ1) is 26.6. The van der Waals surface area contributed by atoms with Crippen LogP contribution in [0, 0.1) is 19.7 Å². The highest BCUT2D eigenvalue weighted by atomic mass is 32.1. The third-order valence-corrected chi connectivity index (χ3v) is 7.66. The molecule has 6 nitrogen and oxygen atoms in total. The second kappa shape index (κ2) is 11.4. The number of hydrogen-bond donors (Lipinski definition) is 2. The molecule has 0 unspecified atom stereocenters. The minimum absolute atomic E-state index is 0.0658. The van der Waals surface area contributed by atoms with Crippen molar-refractivity contribution < 1.29 is 9.18 Å². The van der Waals surface area contributed by atoms with Gasteiger partial charge in [-0.2, -0.15) is 0 Å². The van der Waals surface area contributed by atoms with E-state index in [1.165, 1.54) is 12.1 Å². The average Bonchev–Trinajstić information content (AvgIpc) is 3.42. The predicted molar refractivity (Wildman–Crippen MR) is 156 cm³/mol. The highest BCUT2D eigenvalue weighted by Gasteiger charge is 2.41. The van der Waals surface area contributed by atoms with Crippen molar-refractivity contribution in [2.45, 2.75) is 45.7 Å². The number of thiocarbonyl (C=S) groups is 1. The SMILES string of the molecule is CCc1ccccc1NC(=O)CCN1C(=S)N[C@H](c2ccccn2)[C@H]1c1cc(C)n(-c2cccc(F)c2)c1C. The Kier molecular flexibility index (Phi) is 7.74. The van der Waals surface area contributed by atoms with E-state index in [1.54, 1.807) is 12.3 Å². The molecule has 2 atom stereocenters. The Morgan fingerprint density at radius 1 is 1.08 bits per heavy atom. The van der Waals surface area contributed by atoms with Crippen LogP contribution in [0.1, 0.15) is 53.6 Å². The van der Waals surface area contributed by atoms with Gasteiger partial charge in [-0.05, 0) is 86.1 Å². The zero-order valence-electron chi connectivity index (χ0n) is 22.3. The van der Waals surface area contributed by atoms with Gasteiger partial charge in [-0.15, -0.1) is 0 Å². The van der Waals surface area contributed by atoms with Crippen LogP contribution in [0.15, 0.2) is 79.0 Å². The van der Waals surface area contributed by atoms with Crippen LogP contribution in [0.4, 0.5) is 10.1 Å². The number of carbonyl (C=O) groups excluding carboxylic acids is 1. The topological polar surface area (TPSA) is 62.2 Å². The quantitative estimate of drug-likeness (QED) is 0.261. The summed E-state index contributed by atoms with van der Waals surface area (Å²) in [4.78, 5) is 19.7. The summed E-state index contributed by atoms with van der Waals surface area (Å²) < 4.78 is 16.2. The number of pyridine rings is 1. The van der Waals surface area contributed by atoms with Crippen molar-refractivity contribution in [1.29, 1.82) is 0 Å². The van der Waals surface area contributed by atoms with Gasteiger partial charge in [0.15, 0.2) is 5.11 Å². The van der Waals surface area contributed by atoms with Gasteiger partial charge < -0.3 is 20.1 Å². The molecule has 1 aliphatic rings. The number of hydrogen-bond acceptors (Lipinski definition) is 3. The molecular formula is C31H32FN5OS. The molecule has 2 aromatic carbocycles. The van der Waals surface area contributed by atoms with Gasteiger partial charge in [0.25, 0.3) is 0 Å². The Morgan fingerprint density at radius 3 is 2.62 bits per heavy atom. The summed E-state index contributed by atoms with van der Waals surface area (Å²) in [7, 11) is 0. The van der Waals surface area contributed by atoms with E-state index >= 15 is 0 Å². The van der Waals surface area contributed by atoms with Crippen molar-refractivity contribution >= 4 is 28.9 Å². The summed E-state index contributed by atoms with van der Waals surface area (Å²) in [5.74, 6) is -0.349. The molecule has 0 bridgehead atoms. The first-order chi connectivity index (χ1) is 18.9. The molecule has 3 heterocycles. The van der Waals surface area contributed by atoms with E-state index in [-0.39, 0.29) is 30.2 Å². The van der Waals surface area contributed by atoms with Gasteiger partial charge in [0.2, 0.25) is 5.91 Å². The van der Waals surface area contributed by atoms with Crippen molar-refractivity contribution in [3.8, 4) is 5.69 Å². The third-order valence-electron chi connectivity index (χ3n) is 7.31. The molecule has 5 rings (SSSR count). The number of aromatic nitrogens is 2. The van der Waals surface area contributed by atoms with E-state index in [2.05, 4.69) is 38.1 Å². The molecule has 0 saturated carbocycles. The monoisotopic (exact) mass is 541 g/mol.